The van der Waals surface area contributed by atoms with Crippen molar-refractivity contribution < 1.29 is 9.59 Å². The zero-order valence-corrected chi connectivity index (χ0v) is 12.6. The van der Waals surface area contributed by atoms with Gasteiger partial charge in [-0.25, -0.2) is 0 Å². The number of benzene rings is 2. The molecule has 7 heteroatoms. The molecule has 2 rings (SSSR count). The molecule has 0 aliphatic rings. The van der Waals surface area contributed by atoms with Gasteiger partial charge in [-0.05, 0) is 42.8 Å². The predicted octanol–water partition coefficient (Wildman–Crippen LogP) is 2.39. The lowest BCUT2D eigenvalue weighted by atomic mass is 10.2. The maximum atomic E-state index is 11.9. The second-order valence-electron chi connectivity index (χ2n) is 4.74. The molecule has 0 unspecified atom stereocenters. The molecule has 0 spiro atoms. The van der Waals surface area contributed by atoms with Crippen molar-refractivity contribution in [2.75, 3.05) is 22.1 Å². The first-order valence-electron chi connectivity index (χ1n) is 6.40. The van der Waals surface area contributed by atoms with Crippen LogP contribution in [-0.4, -0.2) is 11.8 Å². The van der Waals surface area contributed by atoms with Crippen molar-refractivity contribution in [1.29, 1.82) is 0 Å². The molecule has 2 aromatic rings. The molecule has 6 nitrogen and oxygen atoms in total. The Hall–Kier alpha value is -2.73. The molecule has 0 fully saturated rings. The number of rotatable bonds is 2. The van der Waals surface area contributed by atoms with Crippen molar-refractivity contribution in [2.24, 2.45) is 0 Å². The Morgan fingerprint density at radius 2 is 1.59 bits per heavy atom. The van der Waals surface area contributed by atoms with Gasteiger partial charge in [-0.2, -0.15) is 0 Å². The van der Waals surface area contributed by atoms with Gasteiger partial charge >= 0.3 is 11.8 Å². The normalized spacial score (nSPS) is 10.1. The lowest BCUT2D eigenvalue weighted by molar-refractivity contribution is -0.132. The van der Waals surface area contributed by atoms with Gasteiger partial charge in [0.15, 0.2) is 0 Å². The van der Waals surface area contributed by atoms with Crippen LogP contribution in [0.15, 0.2) is 36.4 Å². The van der Waals surface area contributed by atoms with E-state index in [1.54, 1.807) is 24.3 Å². The van der Waals surface area contributed by atoms with Gasteiger partial charge in [0.25, 0.3) is 0 Å². The fourth-order valence-electron chi connectivity index (χ4n) is 1.77. The molecule has 0 radical (unpaired) electrons. The molecule has 0 aliphatic carbocycles. The number of aryl methyl sites for hydroxylation is 1. The van der Waals surface area contributed by atoms with E-state index in [4.69, 9.17) is 23.1 Å². The minimum absolute atomic E-state index is 0.246. The zero-order valence-electron chi connectivity index (χ0n) is 11.8. The summed E-state index contributed by atoms with van der Waals surface area (Å²) in [4.78, 5) is 23.8. The van der Waals surface area contributed by atoms with Gasteiger partial charge in [0, 0.05) is 5.69 Å². The molecule has 114 valence electrons. The Bertz CT molecular complexity index is 746. The third-order valence-corrected chi connectivity index (χ3v) is 3.22. The number of nitrogens with one attached hydrogen (secondary N) is 2. The number of hydrogen-bond donors (Lipinski definition) is 4. The summed E-state index contributed by atoms with van der Waals surface area (Å²) in [6.45, 7) is 1.85. The van der Waals surface area contributed by atoms with E-state index in [0.29, 0.717) is 22.7 Å². The number of nitrogen functional groups attached to an aromatic ring is 2. The monoisotopic (exact) mass is 318 g/mol. The Kier molecular flexibility index (Phi) is 4.53. The number of halogens is 1. The highest BCUT2D eigenvalue weighted by molar-refractivity contribution is 6.45. The number of nitrogens with two attached hydrogens (primary N) is 2. The molecular formula is C15H15ClN4O2. The summed E-state index contributed by atoms with van der Waals surface area (Å²) >= 11 is 5.94. The Labute approximate surface area is 132 Å². The van der Waals surface area contributed by atoms with Gasteiger partial charge in [0.2, 0.25) is 0 Å². The number of amides is 2. The second-order valence-corrected chi connectivity index (χ2v) is 5.15. The van der Waals surface area contributed by atoms with Crippen LogP contribution in [0.2, 0.25) is 5.02 Å². The van der Waals surface area contributed by atoms with Gasteiger partial charge in [-0.3, -0.25) is 9.59 Å². The van der Waals surface area contributed by atoms with Crippen LogP contribution < -0.4 is 22.1 Å². The van der Waals surface area contributed by atoms with Gasteiger partial charge in [0.05, 0.1) is 22.1 Å². The molecule has 0 bridgehead atoms. The van der Waals surface area contributed by atoms with Crippen molar-refractivity contribution in [3.05, 3.63) is 47.0 Å². The standard InChI is InChI=1S/C15H15ClN4O2/c1-8-2-4-11(18)13(6-8)20-15(22)14(21)19-12-5-3-9(17)7-10(12)16/h2-7H,17-18H2,1H3,(H,19,21)(H,20,22). The highest BCUT2D eigenvalue weighted by atomic mass is 35.5. The van der Waals surface area contributed by atoms with Crippen LogP contribution >= 0.6 is 11.6 Å². The van der Waals surface area contributed by atoms with Crippen LogP contribution in [0.1, 0.15) is 5.56 Å². The molecule has 22 heavy (non-hydrogen) atoms. The van der Waals surface area contributed by atoms with E-state index in [1.807, 2.05) is 6.92 Å². The lowest BCUT2D eigenvalue weighted by Crippen LogP contribution is -2.29. The molecule has 2 amide bonds. The largest absolute Gasteiger partial charge is 0.399 e. The molecule has 0 aromatic heterocycles. The van der Waals surface area contributed by atoms with Gasteiger partial charge in [-0.15, -0.1) is 0 Å². The summed E-state index contributed by atoms with van der Waals surface area (Å²) in [7, 11) is 0. The minimum Gasteiger partial charge on any atom is -0.399 e. The average Bonchev–Trinajstić information content (AvgIpc) is 2.45. The molecule has 0 atom stereocenters. The summed E-state index contributed by atoms with van der Waals surface area (Å²) in [5.74, 6) is -1.70. The van der Waals surface area contributed by atoms with Crippen molar-refractivity contribution in [3.8, 4) is 0 Å². The van der Waals surface area contributed by atoms with E-state index in [9.17, 15) is 9.59 Å². The topological polar surface area (TPSA) is 110 Å². The number of carbonyl (C=O) groups is 2. The van der Waals surface area contributed by atoms with Crippen molar-refractivity contribution >= 4 is 46.2 Å². The smallest absolute Gasteiger partial charge is 0.314 e. The quantitative estimate of drug-likeness (QED) is 0.503. The Balaban J connectivity index is 2.09. The summed E-state index contributed by atoms with van der Waals surface area (Å²) in [5.41, 5.74) is 13.7. The average molecular weight is 319 g/mol. The molecule has 0 heterocycles. The zero-order chi connectivity index (χ0) is 16.3. The predicted molar refractivity (Wildman–Crippen MR) is 88.7 cm³/mol. The van der Waals surface area contributed by atoms with E-state index in [0.717, 1.165) is 5.56 Å². The first-order chi connectivity index (χ1) is 10.4. The molecule has 0 saturated carbocycles. The maximum Gasteiger partial charge on any atom is 0.314 e. The van der Waals surface area contributed by atoms with Crippen LogP contribution in [0, 0.1) is 6.92 Å². The molecule has 2 aromatic carbocycles. The first kappa shape index (κ1) is 15.7. The molecule has 0 aliphatic heterocycles. The van der Waals surface area contributed by atoms with Crippen molar-refractivity contribution in [2.45, 2.75) is 6.92 Å². The summed E-state index contributed by atoms with van der Waals surface area (Å²) in [5, 5.41) is 5.12. The Morgan fingerprint density at radius 3 is 2.23 bits per heavy atom. The van der Waals surface area contributed by atoms with Crippen LogP contribution in [0.3, 0.4) is 0 Å². The maximum absolute atomic E-state index is 11.9. The highest BCUT2D eigenvalue weighted by Gasteiger charge is 2.16. The molecular weight excluding hydrogens is 304 g/mol. The van der Waals surface area contributed by atoms with Gasteiger partial charge in [0.1, 0.15) is 0 Å². The number of carbonyl (C=O) groups excluding carboxylic acids is 2. The lowest BCUT2D eigenvalue weighted by Gasteiger charge is -2.10. The highest BCUT2D eigenvalue weighted by Crippen LogP contribution is 2.24. The first-order valence-corrected chi connectivity index (χ1v) is 6.78. The van der Waals surface area contributed by atoms with Crippen LogP contribution in [0.4, 0.5) is 22.7 Å². The van der Waals surface area contributed by atoms with Gasteiger partial charge < -0.3 is 22.1 Å². The fourth-order valence-corrected chi connectivity index (χ4v) is 2.01. The summed E-state index contributed by atoms with van der Waals surface area (Å²) < 4.78 is 0. The third-order valence-electron chi connectivity index (χ3n) is 2.90. The SMILES string of the molecule is Cc1ccc(N)c(NC(=O)C(=O)Nc2ccc(N)cc2Cl)c1. The Morgan fingerprint density at radius 1 is 0.955 bits per heavy atom. The van der Waals surface area contributed by atoms with E-state index < -0.39 is 11.8 Å². The van der Waals surface area contributed by atoms with E-state index in [-0.39, 0.29) is 5.02 Å². The summed E-state index contributed by atoms with van der Waals surface area (Å²) in [6, 6.07) is 9.70. The van der Waals surface area contributed by atoms with E-state index >= 15 is 0 Å². The second kappa shape index (κ2) is 6.36. The third kappa shape index (κ3) is 3.67. The fraction of sp³-hybridized carbons (Fsp3) is 0.0667. The van der Waals surface area contributed by atoms with Crippen LogP contribution in [-0.2, 0) is 9.59 Å². The van der Waals surface area contributed by atoms with Crippen LogP contribution in [0.5, 0.6) is 0 Å². The van der Waals surface area contributed by atoms with Crippen LogP contribution in [0.25, 0.3) is 0 Å². The molecule has 0 saturated heterocycles. The molecule has 6 N–H and O–H groups in total. The minimum atomic E-state index is -0.854. The number of hydrogen-bond acceptors (Lipinski definition) is 4. The summed E-state index contributed by atoms with van der Waals surface area (Å²) in [6.07, 6.45) is 0. The van der Waals surface area contributed by atoms with E-state index in [2.05, 4.69) is 10.6 Å². The van der Waals surface area contributed by atoms with Crippen molar-refractivity contribution in [1.82, 2.24) is 0 Å². The number of anilines is 4. The van der Waals surface area contributed by atoms with Crippen molar-refractivity contribution in [3.63, 3.8) is 0 Å². The van der Waals surface area contributed by atoms with Gasteiger partial charge in [-0.1, -0.05) is 17.7 Å². The van der Waals surface area contributed by atoms with E-state index in [1.165, 1.54) is 12.1 Å².